The Hall–Kier alpha value is -4.24. The highest BCUT2D eigenvalue weighted by Gasteiger charge is 2.45. The van der Waals surface area contributed by atoms with E-state index in [1.807, 2.05) is 0 Å². The van der Waals surface area contributed by atoms with Gasteiger partial charge in [-0.15, -0.1) is 0 Å². The maximum atomic E-state index is 2.65. The molecule has 0 saturated heterocycles. The molecule has 0 saturated carbocycles. The maximum Gasteiger partial charge on any atom is 0.333 e. The molecule has 5 aromatic carbocycles. The van der Waals surface area contributed by atoms with E-state index < -0.39 is 0 Å². The Kier molecular flexibility index (Phi) is 2.68. The number of hydrogen-bond acceptors (Lipinski definition) is 1. The Morgan fingerprint density at radius 2 is 0.970 bits per heavy atom. The van der Waals surface area contributed by atoms with Crippen LogP contribution in [0.2, 0.25) is 0 Å². The molecule has 0 spiro atoms. The minimum absolute atomic E-state index is 0.201. The first-order chi connectivity index (χ1) is 16.4. The molecule has 0 bridgehead atoms. The Balaban J connectivity index is 1.58. The van der Waals surface area contributed by atoms with E-state index in [-0.39, 0.29) is 6.85 Å². The van der Waals surface area contributed by atoms with Crippen molar-refractivity contribution < 1.29 is 0 Å². The zero-order valence-electron chi connectivity index (χ0n) is 17.8. The molecule has 0 amide bonds. The van der Waals surface area contributed by atoms with Gasteiger partial charge in [0.25, 0.3) is 0 Å². The van der Waals surface area contributed by atoms with Gasteiger partial charge in [0.2, 0.25) is 0 Å². The lowest BCUT2D eigenvalue weighted by Crippen LogP contribution is -2.58. The smallest absolute Gasteiger partial charge is 0.333 e. The zero-order chi connectivity index (χ0) is 21.3. The fraction of sp³-hybridized carbons (Fsp3) is 0. The molecule has 1 aromatic heterocycles. The summed E-state index contributed by atoms with van der Waals surface area (Å²) in [6.07, 6.45) is 0. The fourth-order valence-corrected chi connectivity index (χ4v) is 6.77. The topological polar surface area (TPSA) is 8.17 Å². The van der Waals surface area contributed by atoms with E-state index >= 15 is 0 Å². The van der Waals surface area contributed by atoms with E-state index in [0.29, 0.717) is 0 Å². The second-order valence-corrected chi connectivity index (χ2v) is 9.32. The monoisotopic (exact) mass is 416 g/mol. The standard InChI is InChI=1S/C30H17BN2/c1-2-8-18(9-3-1)32-25-16-6-10-19-21-12-4-14-23-24-15-5-13-22-20-11-7-17-26(32)28(20)31(27(19)25)33(29(21)23)30(22)24/h1-17H. The van der Waals surface area contributed by atoms with Crippen LogP contribution in [0.1, 0.15) is 0 Å². The minimum Gasteiger partial charge on any atom is -0.375 e. The van der Waals surface area contributed by atoms with Crippen molar-refractivity contribution in [2.75, 3.05) is 4.90 Å². The van der Waals surface area contributed by atoms with Crippen molar-refractivity contribution >= 4 is 56.6 Å². The third kappa shape index (κ3) is 1.71. The first-order valence-corrected chi connectivity index (χ1v) is 11.6. The van der Waals surface area contributed by atoms with Crippen LogP contribution in [0.5, 0.6) is 0 Å². The summed E-state index contributed by atoms with van der Waals surface area (Å²) in [6.45, 7) is 0.201. The molecule has 4 heterocycles. The summed E-state index contributed by atoms with van der Waals surface area (Å²) in [4.78, 5) is 2.47. The van der Waals surface area contributed by atoms with E-state index in [1.165, 1.54) is 72.0 Å². The molecular formula is C30H17BN2. The van der Waals surface area contributed by atoms with Crippen LogP contribution >= 0.6 is 0 Å². The fourth-order valence-electron chi connectivity index (χ4n) is 6.77. The number of fused-ring (bicyclic) bond motifs is 3. The molecule has 0 unspecified atom stereocenters. The quantitative estimate of drug-likeness (QED) is 0.290. The Bertz CT molecular complexity index is 1720. The molecule has 3 aliphatic rings. The van der Waals surface area contributed by atoms with Crippen molar-refractivity contribution in [2.45, 2.75) is 0 Å². The molecule has 33 heavy (non-hydrogen) atoms. The van der Waals surface area contributed by atoms with Gasteiger partial charge in [0.1, 0.15) is 0 Å². The zero-order valence-corrected chi connectivity index (χ0v) is 17.8. The SMILES string of the molecule is c1ccc(N2c3cccc4c3B3c5c(cccc52)-c2cccc5c6cccc-4c6n3c25)cc1. The first-order valence-electron chi connectivity index (χ1n) is 11.6. The third-order valence-corrected chi connectivity index (χ3v) is 7.89. The molecule has 150 valence electrons. The average molecular weight is 416 g/mol. The van der Waals surface area contributed by atoms with Gasteiger partial charge in [-0.25, -0.2) is 0 Å². The Morgan fingerprint density at radius 1 is 0.455 bits per heavy atom. The highest BCUT2D eigenvalue weighted by molar-refractivity contribution is 6.91. The van der Waals surface area contributed by atoms with Crippen molar-refractivity contribution in [2.24, 2.45) is 0 Å². The summed E-state index contributed by atoms with van der Waals surface area (Å²) >= 11 is 0. The predicted molar refractivity (Wildman–Crippen MR) is 139 cm³/mol. The number of para-hydroxylation sites is 3. The van der Waals surface area contributed by atoms with Crippen LogP contribution in [0.25, 0.3) is 44.1 Å². The third-order valence-electron chi connectivity index (χ3n) is 7.89. The lowest BCUT2D eigenvalue weighted by molar-refractivity contribution is 1.25. The number of benzene rings is 5. The summed E-state index contributed by atoms with van der Waals surface area (Å²) in [7, 11) is 0. The second-order valence-electron chi connectivity index (χ2n) is 9.32. The van der Waals surface area contributed by atoms with Gasteiger partial charge in [-0.2, -0.15) is 0 Å². The minimum atomic E-state index is 0.201. The van der Waals surface area contributed by atoms with Gasteiger partial charge in [-0.05, 0) is 46.3 Å². The summed E-state index contributed by atoms with van der Waals surface area (Å²) in [5.74, 6) is 0. The number of rotatable bonds is 1. The molecule has 0 radical (unpaired) electrons. The summed E-state index contributed by atoms with van der Waals surface area (Å²) in [5.41, 5.74) is 14.8. The number of aromatic nitrogens is 1. The van der Waals surface area contributed by atoms with Crippen LogP contribution in [0.15, 0.2) is 103 Å². The molecule has 0 aliphatic carbocycles. The summed E-state index contributed by atoms with van der Waals surface area (Å²) in [6, 6.07) is 38.2. The van der Waals surface area contributed by atoms with E-state index in [1.54, 1.807) is 0 Å². The van der Waals surface area contributed by atoms with E-state index in [4.69, 9.17) is 0 Å². The molecule has 0 atom stereocenters. The van der Waals surface area contributed by atoms with Gasteiger partial charge in [0.05, 0.1) is 0 Å². The maximum absolute atomic E-state index is 2.65. The van der Waals surface area contributed by atoms with Gasteiger partial charge in [-0.1, -0.05) is 78.9 Å². The molecule has 0 N–H and O–H groups in total. The van der Waals surface area contributed by atoms with Crippen LogP contribution in [-0.2, 0) is 0 Å². The Labute approximate surface area is 191 Å². The van der Waals surface area contributed by atoms with E-state index in [9.17, 15) is 0 Å². The summed E-state index contributed by atoms with van der Waals surface area (Å²) in [5, 5.41) is 2.72. The number of hydrogen-bond donors (Lipinski definition) is 0. The number of nitrogens with zero attached hydrogens (tertiary/aromatic N) is 2. The highest BCUT2D eigenvalue weighted by atomic mass is 15.2. The van der Waals surface area contributed by atoms with Crippen molar-refractivity contribution in [3.8, 4) is 22.3 Å². The van der Waals surface area contributed by atoms with Crippen molar-refractivity contribution in [1.82, 2.24) is 4.48 Å². The van der Waals surface area contributed by atoms with Crippen LogP contribution < -0.4 is 15.8 Å². The molecule has 6 aromatic rings. The summed E-state index contributed by atoms with van der Waals surface area (Å²) < 4.78 is 2.65. The van der Waals surface area contributed by atoms with E-state index in [2.05, 4.69) is 113 Å². The highest BCUT2D eigenvalue weighted by Crippen LogP contribution is 2.49. The van der Waals surface area contributed by atoms with Crippen LogP contribution in [0.3, 0.4) is 0 Å². The Morgan fingerprint density at radius 3 is 1.55 bits per heavy atom. The van der Waals surface area contributed by atoms with Crippen molar-refractivity contribution in [3.63, 3.8) is 0 Å². The largest absolute Gasteiger partial charge is 0.375 e. The molecule has 3 heteroatoms. The van der Waals surface area contributed by atoms with Gasteiger partial charge >= 0.3 is 6.85 Å². The van der Waals surface area contributed by atoms with Gasteiger partial charge < -0.3 is 9.38 Å². The molecule has 2 nitrogen and oxygen atoms in total. The van der Waals surface area contributed by atoms with Crippen LogP contribution in [0, 0.1) is 0 Å². The number of anilines is 3. The second kappa shape index (κ2) is 5.39. The van der Waals surface area contributed by atoms with Crippen LogP contribution in [0.4, 0.5) is 17.1 Å². The predicted octanol–water partition coefficient (Wildman–Crippen LogP) is 6.19. The van der Waals surface area contributed by atoms with Crippen molar-refractivity contribution in [3.05, 3.63) is 103 Å². The van der Waals surface area contributed by atoms with Gasteiger partial charge in [-0.3, -0.25) is 0 Å². The average Bonchev–Trinajstić information content (AvgIpc) is 3.22. The van der Waals surface area contributed by atoms with Gasteiger partial charge in [0, 0.05) is 50.0 Å². The lowest BCUT2D eigenvalue weighted by atomic mass is 9.43. The normalized spacial score (nSPS) is 13.9. The first kappa shape index (κ1) is 16.4. The van der Waals surface area contributed by atoms with Crippen LogP contribution in [-0.4, -0.2) is 11.3 Å². The molecule has 9 rings (SSSR count). The molecular weight excluding hydrogens is 399 g/mol. The molecule has 0 fully saturated rings. The molecule has 3 aliphatic heterocycles. The van der Waals surface area contributed by atoms with E-state index in [0.717, 1.165) is 0 Å². The van der Waals surface area contributed by atoms with Crippen molar-refractivity contribution in [1.29, 1.82) is 0 Å². The lowest BCUT2D eigenvalue weighted by Gasteiger charge is -2.43. The van der Waals surface area contributed by atoms with Gasteiger partial charge in [0.15, 0.2) is 0 Å².